The molecule has 76 valence electrons. The van der Waals surface area contributed by atoms with Crippen molar-refractivity contribution in [2.24, 2.45) is 0 Å². The lowest BCUT2D eigenvalue weighted by atomic mass is 11.0. The van der Waals surface area contributed by atoms with Crippen molar-refractivity contribution in [1.82, 2.24) is 30.1 Å². The van der Waals surface area contributed by atoms with Crippen LogP contribution >= 0.6 is 0 Å². The first-order chi connectivity index (χ1) is 6.61. The zero-order valence-corrected chi connectivity index (χ0v) is 9.55. The number of aromatic nitrogens is 6. The summed E-state index contributed by atoms with van der Waals surface area (Å²) in [6, 6.07) is 0. The van der Waals surface area contributed by atoms with Crippen LogP contribution in [0.3, 0.4) is 0 Å². The summed E-state index contributed by atoms with van der Waals surface area (Å²) in [5, 5.41) is 17.0. The minimum absolute atomic E-state index is 1.24. The molecule has 0 saturated heterocycles. The van der Waals surface area contributed by atoms with Crippen LogP contribution in [-0.4, -0.2) is 38.3 Å². The molecule has 0 bridgehead atoms. The minimum Gasteiger partial charge on any atom is -0.282 e. The van der Waals surface area contributed by atoms with E-state index in [4.69, 9.17) is 0 Å². The van der Waals surface area contributed by atoms with E-state index < -0.39 is 8.24 Å². The normalized spacial score (nSPS) is 10.5. The van der Waals surface area contributed by atoms with Crippen LogP contribution in [0.4, 0.5) is 0 Å². The minimum atomic E-state index is -1.24. The average molecular weight is 210 g/mol. The number of nitrogens with zero attached hydrogens (tertiary/aromatic N) is 5. The molecule has 0 saturated carbocycles. The predicted octanol–water partition coefficient (Wildman–Crippen LogP) is 0.766. The van der Waals surface area contributed by atoms with E-state index in [0.717, 1.165) is 0 Å². The topological polar surface area (TPSA) is 72.3 Å². The van der Waals surface area contributed by atoms with E-state index in [1.165, 1.54) is 0 Å². The van der Waals surface area contributed by atoms with Crippen LogP contribution in [0.1, 0.15) is 0 Å². The van der Waals surface area contributed by atoms with Gasteiger partial charge in [-0.25, -0.2) is 0 Å². The second-order valence-electron chi connectivity index (χ2n) is 3.67. The fourth-order valence-corrected chi connectivity index (χ4v) is 1.57. The van der Waals surface area contributed by atoms with Crippen LogP contribution in [0.2, 0.25) is 19.6 Å². The highest BCUT2D eigenvalue weighted by molar-refractivity contribution is 6.74. The van der Waals surface area contributed by atoms with E-state index in [1.54, 1.807) is 18.6 Å². The van der Waals surface area contributed by atoms with Gasteiger partial charge < -0.3 is 0 Å². The lowest BCUT2D eigenvalue weighted by Gasteiger charge is -2.13. The second kappa shape index (κ2) is 4.65. The van der Waals surface area contributed by atoms with Gasteiger partial charge in [0.25, 0.3) is 0 Å². The first-order valence-electron chi connectivity index (χ1n) is 4.27. The number of aromatic amines is 1. The molecule has 0 aliphatic heterocycles. The molecule has 0 spiro atoms. The van der Waals surface area contributed by atoms with Crippen molar-refractivity contribution in [1.29, 1.82) is 0 Å². The van der Waals surface area contributed by atoms with Gasteiger partial charge in [0.15, 0.2) is 8.24 Å². The summed E-state index contributed by atoms with van der Waals surface area (Å²) in [7, 11) is -1.24. The number of hydrogen-bond acceptors (Lipinski definition) is 4. The SMILES string of the molecule is C[Si](C)(C)n1ccnn1.c1cn[nH]n1. The third-order valence-corrected chi connectivity index (χ3v) is 3.05. The Kier molecular flexibility index (Phi) is 3.52. The molecule has 0 atom stereocenters. The third-order valence-electron chi connectivity index (χ3n) is 1.44. The van der Waals surface area contributed by atoms with E-state index in [-0.39, 0.29) is 0 Å². The molecule has 0 amide bonds. The fraction of sp³-hybridized carbons (Fsp3) is 0.429. The first kappa shape index (κ1) is 10.6. The summed E-state index contributed by atoms with van der Waals surface area (Å²) in [5.74, 6) is 0. The van der Waals surface area contributed by atoms with Crippen molar-refractivity contribution in [3.8, 4) is 0 Å². The zero-order chi connectivity index (χ0) is 10.4. The Bertz CT molecular complexity index is 304. The highest BCUT2D eigenvalue weighted by atomic mass is 28.3. The van der Waals surface area contributed by atoms with Gasteiger partial charge in [-0.1, -0.05) is 5.21 Å². The van der Waals surface area contributed by atoms with Gasteiger partial charge in [0.2, 0.25) is 0 Å². The van der Waals surface area contributed by atoms with Gasteiger partial charge in [0, 0.05) is 6.20 Å². The van der Waals surface area contributed by atoms with Crippen molar-refractivity contribution in [3.63, 3.8) is 0 Å². The van der Waals surface area contributed by atoms with E-state index in [9.17, 15) is 0 Å². The highest BCUT2D eigenvalue weighted by Crippen LogP contribution is 2.00. The van der Waals surface area contributed by atoms with Crippen LogP contribution in [0.5, 0.6) is 0 Å². The molecule has 7 heteroatoms. The van der Waals surface area contributed by atoms with Gasteiger partial charge in [0.1, 0.15) is 0 Å². The molecule has 14 heavy (non-hydrogen) atoms. The lowest BCUT2D eigenvalue weighted by molar-refractivity contribution is 0.842. The fourth-order valence-electron chi connectivity index (χ4n) is 0.733. The monoisotopic (exact) mass is 210 g/mol. The Morgan fingerprint density at radius 3 is 1.93 bits per heavy atom. The van der Waals surface area contributed by atoms with Crippen molar-refractivity contribution >= 4 is 8.24 Å². The third kappa shape index (κ3) is 3.48. The first-order valence-corrected chi connectivity index (χ1v) is 7.72. The molecule has 0 aliphatic carbocycles. The molecule has 0 fully saturated rings. The summed E-state index contributed by atoms with van der Waals surface area (Å²) in [6.45, 7) is 6.67. The van der Waals surface area contributed by atoms with Crippen LogP contribution in [-0.2, 0) is 0 Å². The molecule has 0 aliphatic rings. The standard InChI is InChI=1S/C5H11N3Si.C2H3N3/c1-9(2,3)8-5-4-6-7-8;1-2-4-5-3-1/h4-5H,1-3H3;1-2H,(H,3,4,5). The predicted molar refractivity (Wildman–Crippen MR) is 55.1 cm³/mol. The molecule has 2 aromatic rings. The van der Waals surface area contributed by atoms with Gasteiger partial charge in [-0.3, -0.25) is 4.35 Å². The molecule has 2 heterocycles. The van der Waals surface area contributed by atoms with Gasteiger partial charge in [-0.15, -0.1) is 5.10 Å². The molecular weight excluding hydrogens is 196 g/mol. The van der Waals surface area contributed by atoms with E-state index in [2.05, 4.69) is 45.4 Å². The number of hydrogen-bond donors (Lipinski definition) is 1. The van der Waals surface area contributed by atoms with Crippen molar-refractivity contribution in [2.75, 3.05) is 0 Å². The highest BCUT2D eigenvalue weighted by Gasteiger charge is 2.15. The number of nitrogens with one attached hydrogen (secondary N) is 1. The maximum atomic E-state index is 3.92. The molecule has 0 aromatic carbocycles. The van der Waals surface area contributed by atoms with Crippen LogP contribution in [0.15, 0.2) is 24.8 Å². The molecule has 1 N–H and O–H groups in total. The molecule has 6 nitrogen and oxygen atoms in total. The number of H-pyrrole nitrogens is 1. The van der Waals surface area contributed by atoms with Crippen molar-refractivity contribution in [3.05, 3.63) is 24.8 Å². The second-order valence-corrected chi connectivity index (χ2v) is 8.47. The average Bonchev–Trinajstić information content (AvgIpc) is 2.80. The molecule has 0 unspecified atom stereocenters. The van der Waals surface area contributed by atoms with Gasteiger partial charge in [-0.2, -0.15) is 15.4 Å². The Morgan fingerprint density at radius 2 is 1.71 bits per heavy atom. The largest absolute Gasteiger partial charge is 0.282 e. The summed E-state index contributed by atoms with van der Waals surface area (Å²) >= 11 is 0. The Balaban J connectivity index is 0.000000165. The summed E-state index contributed by atoms with van der Waals surface area (Å²) < 4.78 is 1.97. The molecule has 2 rings (SSSR count). The van der Waals surface area contributed by atoms with Gasteiger partial charge >= 0.3 is 0 Å². The van der Waals surface area contributed by atoms with Crippen molar-refractivity contribution in [2.45, 2.75) is 19.6 Å². The Labute approximate surface area is 83.4 Å². The molecule has 2 aromatic heterocycles. The van der Waals surface area contributed by atoms with E-state index >= 15 is 0 Å². The van der Waals surface area contributed by atoms with Crippen LogP contribution in [0.25, 0.3) is 0 Å². The smallest absolute Gasteiger partial charge is 0.178 e. The van der Waals surface area contributed by atoms with Crippen LogP contribution < -0.4 is 0 Å². The zero-order valence-electron chi connectivity index (χ0n) is 8.55. The van der Waals surface area contributed by atoms with Crippen LogP contribution in [0, 0.1) is 0 Å². The molecular formula is C7H14N6Si. The quantitative estimate of drug-likeness (QED) is 0.705. The summed E-state index contributed by atoms with van der Waals surface area (Å²) in [6.07, 6.45) is 6.81. The van der Waals surface area contributed by atoms with Gasteiger partial charge in [-0.05, 0) is 19.6 Å². The lowest BCUT2D eigenvalue weighted by Crippen LogP contribution is -2.32. The summed E-state index contributed by atoms with van der Waals surface area (Å²) in [4.78, 5) is 0. The summed E-state index contributed by atoms with van der Waals surface area (Å²) in [5.41, 5.74) is 0. The Hall–Kier alpha value is -1.50. The maximum absolute atomic E-state index is 3.92. The van der Waals surface area contributed by atoms with Gasteiger partial charge in [0.05, 0.1) is 18.6 Å². The Morgan fingerprint density at radius 1 is 1.07 bits per heavy atom. The molecule has 0 radical (unpaired) electrons. The maximum Gasteiger partial charge on any atom is 0.178 e. The van der Waals surface area contributed by atoms with E-state index in [0.29, 0.717) is 0 Å². The van der Waals surface area contributed by atoms with Crippen molar-refractivity contribution < 1.29 is 0 Å². The number of rotatable bonds is 1. The van der Waals surface area contributed by atoms with E-state index in [1.807, 2.05) is 10.5 Å².